The fourth-order valence-electron chi connectivity index (χ4n) is 2.92. The molecule has 1 atom stereocenters. The number of rotatable bonds is 4. The molecular weight excluding hydrogens is 250 g/mol. The van der Waals surface area contributed by atoms with Crippen LogP contribution in [0.2, 0.25) is 0 Å². The molecule has 0 spiro atoms. The van der Waals surface area contributed by atoms with Crippen molar-refractivity contribution in [1.29, 1.82) is 0 Å². The summed E-state index contributed by atoms with van der Waals surface area (Å²) in [5, 5.41) is 3.34. The molecule has 20 heavy (non-hydrogen) atoms. The van der Waals surface area contributed by atoms with E-state index in [0.29, 0.717) is 6.04 Å². The Morgan fingerprint density at radius 1 is 1.20 bits per heavy atom. The smallest absolute Gasteiger partial charge is 0.137 e. The summed E-state index contributed by atoms with van der Waals surface area (Å²) in [6, 6.07) is 0.575. The maximum absolute atomic E-state index is 4.68. The molecule has 0 amide bonds. The SMILES string of the molecule is CCNc1nc(C)nc(N2CCN(CC)C(C)C2)c1C. The van der Waals surface area contributed by atoms with Gasteiger partial charge in [0, 0.05) is 37.8 Å². The summed E-state index contributed by atoms with van der Waals surface area (Å²) in [6.07, 6.45) is 0. The zero-order valence-electron chi connectivity index (χ0n) is 13.4. The van der Waals surface area contributed by atoms with E-state index in [1.54, 1.807) is 0 Å². The van der Waals surface area contributed by atoms with Crippen LogP contribution in [0.1, 0.15) is 32.2 Å². The minimum Gasteiger partial charge on any atom is -0.370 e. The van der Waals surface area contributed by atoms with Crippen LogP contribution in [0.15, 0.2) is 0 Å². The van der Waals surface area contributed by atoms with Gasteiger partial charge in [0.1, 0.15) is 17.5 Å². The molecule has 1 unspecified atom stereocenters. The standard InChI is InChI=1S/C15H27N5/c1-6-16-14-12(4)15(18-13(5)17-14)20-9-8-19(7-2)11(3)10-20/h11H,6-10H2,1-5H3,(H,16,17,18). The minimum absolute atomic E-state index is 0.575. The topological polar surface area (TPSA) is 44.3 Å². The number of aromatic nitrogens is 2. The van der Waals surface area contributed by atoms with Gasteiger partial charge in [-0.15, -0.1) is 0 Å². The first-order valence-electron chi connectivity index (χ1n) is 7.64. The van der Waals surface area contributed by atoms with E-state index >= 15 is 0 Å². The fraction of sp³-hybridized carbons (Fsp3) is 0.733. The molecule has 1 aliphatic rings. The van der Waals surface area contributed by atoms with Crippen molar-refractivity contribution in [3.05, 3.63) is 11.4 Å². The third-order valence-corrected chi connectivity index (χ3v) is 4.05. The molecule has 1 fully saturated rings. The van der Waals surface area contributed by atoms with Crippen molar-refractivity contribution in [3.63, 3.8) is 0 Å². The lowest BCUT2D eigenvalue weighted by Crippen LogP contribution is -2.52. The molecule has 2 rings (SSSR count). The van der Waals surface area contributed by atoms with Crippen LogP contribution < -0.4 is 10.2 Å². The Hall–Kier alpha value is -1.36. The molecule has 2 heterocycles. The van der Waals surface area contributed by atoms with Gasteiger partial charge in [-0.1, -0.05) is 6.92 Å². The van der Waals surface area contributed by atoms with E-state index < -0.39 is 0 Å². The molecular formula is C15H27N5. The number of nitrogens with zero attached hydrogens (tertiary/aromatic N) is 4. The Bertz CT molecular complexity index is 460. The van der Waals surface area contributed by atoms with Crippen LogP contribution in [0.4, 0.5) is 11.6 Å². The summed E-state index contributed by atoms with van der Waals surface area (Å²) in [6.45, 7) is 15.9. The van der Waals surface area contributed by atoms with E-state index in [9.17, 15) is 0 Å². The maximum Gasteiger partial charge on any atom is 0.137 e. The summed E-state index contributed by atoms with van der Waals surface area (Å²) in [7, 11) is 0. The van der Waals surface area contributed by atoms with Gasteiger partial charge in [-0.25, -0.2) is 9.97 Å². The first kappa shape index (κ1) is 15.0. The molecule has 1 aliphatic heterocycles. The second-order valence-corrected chi connectivity index (χ2v) is 5.52. The van der Waals surface area contributed by atoms with Crippen LogP contribution in [-0.2, 0) is 0 Å². The van der Waals surface area contributed by atoms with Crippen molar-refractivity contribution in [1.82, 2.24) is 14.9 Å². The van der Waals surface area contributed by atoms with Gasteiger partial charge in [0.2, 0.25) is 0 Å². The molecule has 5 heteroatoms. The zero-order valence-corrected chi connectivity index (χ0v) is 13.4. The highest BCUT2D eigenvalue weighted by Gasteiger charge is 2.25. The molecule has 1 saturated heterocycles. The summed E-state index contributed by atoms with van der Waals surface area (Å²) in [5.74, 6) is 2.91. The third-order valence-electron chi connectivity index (χ3n) is 4.05. The van der Waals surface area contributed by atoms with Crippen molar-refractivity contribution < 1.29 is 0 Å². The number of anilines is 2. The van der Waals surface area contributed by atoms with Gasteiger partial charge in [-0.3, -0.25) is 4.90 Å². The first-order chi connectivity index (χ1) is 9.56. The average Bonchev–Trinajstić information content (AvgIpc) is 2.42. The van der Waals surface area contributed by atoms with E-state index in [2.05, 4.69) is 52.8 Å². The quantitative estimate of drug-likeness (QED) is 0.912. The predicted octanol–water partition coefficient (Wildman–Crippen LogP) is 2.06. The minimum atomic E-state index is 0.575. The van der Waals surface area contributed by atoms with Crippen molar-refractivity contribution >= 4 is 11.6 Å². The van der Waals surface area contributed by atoms with E-state index in [-0.39, 0.29) is 0 Å². The molecule has 5 nitrogen and oxygen atoms in total. The van der Waals surface area contributed by atoms with Gasteiger partial charge in [0.25, 0.3) is 0 Å². The van der Waals surface area contributed by atoms with Crippen molar-refractivity contribution in [2.24, 2.45) is 0 Å². The second-order valence-electron chi connectivity index (χ2n) is 5.52. The van der Waals surface area contributed by atoms with Crippen LogP contribution in [0.5, 0.6) is 0 Å². The second kappa shape index (κ2) is 6.39. The molecule has 0 radical (unpaired) electrons. The van der Waals surface area contributed by atoms with E-state index in [1.165, 1.54) is 0 Å². The van der Waals surface area contributed by atoms with Crippen LogP contribution in [-0.4, -0.2) is 53.6 Å². The highest BCUT2D eigenvalue weighted by Crippen LogP contribution is 2.25. The zero-order chi connectivity index (χ0) is 14.7. The number of hydrogen-bond acceptors (Lipinski definition) is 5. The lowest BCUT2D eigenvalue weighted by molar-refractivity contribution is 0.199. The Morgan fingerprint density at radius 2 is 1.95 bits per heavy atom. The molecule has 0 bridgehead atoms. The summed E-state index contributed by atoms with van der Waals surface area (Å²) in [4.78, 5) is 14.1. The molecule has 112 valence electrons. The van der Waals surface area contributed by atoms with Gasteiger partial charge in [0.05, 0.1) is 0 Å². The summed E-state index contributed by atoms with van der Waals surface area (Å²) < 4.78 is 0. The molecule has 0 saturated carbocycles. The average molecular weight is 277 g/mol. The monoisotopic (exact) mass is 277 g/mol. The molecule has 1 aromatic heterocycles. The number of piperazine rings is 1. The van der Waals surface area contributed by atoms with Crippen LogP contribution in [0, 0.1) is 13.8 Å². The molecule has 1 aromatic rings. The molecule has 1 N–H and O–H groups in total. The number of aryl methyl sites for hydroxylation is 1. The molecule has 0 aliphatic carbocycles. The Kier molecular flexibility index (Phi) is 4.81. The van der Waals surface area contributed by atoms with Crippen LogP contribution in [0.3, 0.4) is 0 Å². The number of nitrogens with one attached hydrogen (secondary N) is 1. The van der Waals surface area contributed by atoms with E-state index in [4.69, 9.17) is 0 Å². The Balaban J connectivity index is 2.24. The van der Waals surface area contributed by atoms with Gasteiger partial charge < -0.3 is 10.2 Å². The van der Waals surface area contributed by atoms with Crippen molar-refractivity contribution in [3.8, 4) is 0 Å². The van der Waals surface area contributed by atoms with Gasteiger partial charge >= 0.3 is 0 Å². The normalized spacial score (nSPS) is 20.2. The predicted molar refractivity (Wildman–Crippen MR) is 84.6 cm³/mol. The summed E-state index contributed by atoms with van der Waals surface area (Å²) in [5.41, 5.74) is 1.16. The highest BCUT2D eigenvalue weighted by atomic mass is 15.3. The van der Waals surface area contributed by atoms with Crippen LogP contribution >= 0.6 is 0 Å². The first-order valence-corrected chi connectivity index (χ1v) is 7.64. The van der Waals surface area contributed by atoms with Gasteiger partial charge in [0.15, 0.2) is 0 Å². The van der Waals surface area contributed by atoms with Crippen molar-refractivity contribution in [2.45, 2.75) is 40.7 Å². The fourth-order valence-corrected chi connectivity index (χ4v) is 2.92. The lowest BCUT2D eigenvalue weighted by atomic mass is 10.1. The molecule has 0 aromatic carbocycles. The number of likely N-dealkylation sites (N-methyl/N-ethyl adjacent to an activating group) is 1. The van der Waals surface area contributed by atoms with Crippen LogP contribution in [0.25, 0.3) is 0 Å². The lowest BCUT2D eigenvalue weighted by Gasteiger charge is -2.40. The maximum atomic E-state index is 4.68. The third kappa shape index (κ3) is 3.03. The largest absolute Gasteiger partial charge is 0.370 e. The van der Waals surface area contributed by atoms with Gasteiger partial charge in [-0.2, -0.15) is 0 Å². The van der Waals surface area contributed by atoms with E-state index in [0.717, 1.165) is 55.7 Å². The Labute approximate surface area is 122 Å². The van der Waals surface area contributed by atoms with Gasteiger partial charge in [-0.05, 0) is 34.2 Å². The number of hydrogen-bond donors (Lipinski definition) is 1. The van der Waals surface area contributed by atoms with Crippen molar-refractivity contribution in [2.75, 3.05) is 42.9 Å². The Morgan fingerprint density at radius 3 is 2.55 bits per heavy atom. The highest BCUT2D eigenvalue weighted by molar-refractivity contribution is 5.59. The van der Waals surface area contributed by atoms with E-state index in [1.807, 2.05) is 6.92 Å². The summed E-state index contributed by atoms with van der Waals surface area (Å²) >= 11 is 0.